The first-order valence-electron chi connectivity index (χ1n) is 12.6. The van der Waals surface area contributed by atoms with Crippen LogP contribution in [-0.2, 0) is 22.4 Å². The summed E-state index contributed by atoms with van der Waals surface area (Å²) >= 11 is 0. The number of fused-ring (bicyclic) bond motifs is 1. The van der Waals surface area contributed by atoms with Gasteiger partial charge in [0.2, 0.25) is 0 Å². The number of aryl methyl sites for hydroxylation is 2. The molecule has 0 bridgehead atoms. The molecule has 0 amide bonds. The van der Waals surface area contributed by atoms with E-state index in [-0.39, 0.29) is 29.9 Å². The molecule has 0 spiro atoms. The predicted octanol–water partition coefficient (Wildman–Crippen LogP) is 7.32. The van der Waals surface area contributed by atoms with Gasteiger partial charge in [-0.2, -0.15) is 0 Å². The zero-order valence-electron chi connectivity index (χ0n) is 22.1. The van der Waals surface area contributed by atoms with Gasteiger partial charge in [0, 0.05) is 19.1 Å². The van der Waals surface area contributed by atoms with Crippen LogP contribution < -0.4 is 9.47 Å². The van der Waals surface area contributed by atoms with Gasteiger partial charge >= 0.3 is 5.97 Å². The first kappa shape index (κ1) is 26.7. The molecule has 5 nitrogen and oxygen atoms in total. The van der Waals surface area contributed by atoms with E-state index in [9.17, 15) is 4.79 Å². The number of methoxy groups -OCH3 is 2. The Hall–Kier alpha value is -3.38. The third-order valence-corrected chi connectivity index (χ3v) is 6.92. The summed E-state index contributed by atoms with van der Waals surface area (Å²) in [6.45, 7) is 6.31. The molecule has 1 aliphatic heterocycles. The van der Waals surface area contributed by atoms with Crippen molar-refractivity contribution in [2.24, 2.45) is 5.41 Å². The van der Waals surface area contributed by atoms with Crippen LogP contribution in [0.4, 0.5) is 4.39 Å². The van der Waals surface area contributed by atoms with Gasteiger partial charge in [-0.1, -0.05) is 45.0 Å². The monoisotopic (exact) mass is 506 g/mol. The molecule has 1 aliphatic rings. The first-order valence-corrected chi connectivity index (χ1v) is 12.6. The van der Waals surface area contributed by atoms with Gasteiger partial charge in [-0.3, -0.25) is 4.79 Å². The van der Waals surface area contributed by atoms with Crippen molar-refractivity contribution in [1.29, 1.82) is 0 Å². The molecule has 1 heterocycles. The Morgan fingerprint density at radius 1 is 1.08 bits per heavy atom. The van der Waals surface area contributed by atoms with Crippen LogP contribution in [0.15, 0.2) is 54.6 Å². The van der Waals surface area contributed by atoms with Crippen molar-refractivity contribution in [2.45, 2.75) is 58.7 Å². The van der Waals surface area contributed by atoms with Crippen LogP contribution in [0.5, 0.6) is 11.5 Å². The fourth-order valence-electron chi connectivity index (χ4n) is 5.08. The van der Waals surface area contributed by atoms with Crippen molar-refractivity contribution < 1.29 is 28.5 Å². The summed E-state index contributed by atoms with van der Waals surface area (Å²) in [5.74, 6) is 0.239. The van der Waals surface area contributed by atoms with Crippen molar-refractivity contribution in [2.75, 3.05) is 14.2 Å². The van der Waals surface area contributed by atoms with Gasteiger partial charge in [0.1, 0.15) is 23.4 Å². The Bertz CT molecular complexity index is 1280. The quantitative estimate of drug-likeness (QED) is 0.347. The van der Waals surface area contributed by atoms with Gasteiger partial charge in [-0.25, -0.2) is 4.39 Å². The molecule has 0 saturated heterocycles. The van der Waals surface area contributed by atoms with E-state index in [4.69, 9.17) is 19.3 Å². The number of aliphatic carboxylic acids is 1. The van der Waals surface area contributed by atoms with E-state index in [1.54, 1.807) is 26.4 Å². The van der Waals surface area contributed by atoms with Crippen LogP contribution in [0.1, 0.15) is 68.1 Å². The number of carbonyl (C=O) groups is 1. The molecule has 2 unspecified atom stereocenters. The maximum Gasteiger partial charge on any atom is 0.303 e. The van der Waals surface area contributed by atoms with E-state index in [0.717, 1.165) is 46.4 Å². The van der Waals surface area contributed by atoms with Gasteiger partial charge in [0.25, 0.3) is 0 Å². The zero-order valence-corrected chi connectivity index (χ0v) is 22.1. The van der Waals surface area contributed by atoms with Crippen LogP contribution >= 0.6 is 0 Å². The average Bonchev–Trinajstić information content (AvgIpc) is 2.87. The summed E-state index contributed by atoms with van der Waals surface area (Å²) in [5, 5.41) is 9.03. The number of rotatable bonds is 8. The Morgan fingerprint density at radius 2 is 1.86 bits per heavy atom. The molecule has 0 fully saturated rings. The molecule has 0 aromatic heterocycles. The number of carboxylic acid groups (broad SMARTS) is 1. The fourth-order valence-corrected chi connectivity index (χ4v) is 5.08. The summed E-state index contributed by atoms with van der Waals surface area (Å²) in [6.07, 6.45) is 1.74. The van der Waals surface area contributed by atoms with Crippen molar-refractivity contribution in [1.82, 2.24) is 0 Å². The van der Waals surface area contributed by atoms with E-state index in [0.29, 0.717) is 17.7 Å². The SMILES string of the molecule is COc1ccc(F)c(-c2ccc(C3CCc4ccc(CCC(=O)O)cc4O3)cc2C(OC)C(C)(C)C)c1. The van der Waals surface area contributed by atoms with Crippen molar-refractivity contribution >= 4 is 5.97 Å². The molecule has 6 heteroatoms. The summed E-state index contributed by atoms with van der Waals surface area (Å²) in [5.41, 5.74) is 4.93. The fraction of sp³-hybridized carbons (Fsp3) is 0.387. The lowest BCUT2D eigenvalue weighted by Gasteiger charge is -2.33. The van der Waals surface area contributed by atoms with Crippen LogP contribution in [-0.4, -0.2) is 25.3 Å². The first-order chi connectivity index (χ1) is 17.6. The maximum atomic E-state index is 15.0. The van der Waals surface area contributed by atoms with Crippen LogP contribution in [0, 0.1) is 11.2 Å². The lowest BCUT2D eigenvalue weighted by molar-refractivity contribution is -0.136. The van der Waals surface area contributed by atoms with Crippen LogP contribution in [0.3, 0.4) is 0 Å². The second-order valence-corrected chi connectivity index (χ2v) is 10.7. The second-order valence-electron chi connectivity index (χ2n) is 10.7. The van der Waals surface area contributed by atoms with Crippen molar-refractivity contribution in [3.63, 3.8) is 0 Å². The highest BCUT2D eigenvalue weighted by molar-refractivity contribution is 5.71. The number of hydrogen-bond donors (Lipinski definition) is 1. The molecule has 3 aromatic rings. The predicted molar refractivity (Wildman–Crippen MR) is 142 cm³/mol. The Morgan fingerprint density at radius 3 is 2.54 bits per heavy atom. The Balaban J connectivity index is 1.74. The van der Waals surface area contributed by atoms with Gasteiger partial charge in [-0.05, 0) is 82.8 Å². The third kappa shape index (κ3) is 5.96. The van der Waals surface area contributed by atoms with Gasteiger partial charge in [0.05, 0.1) is 13.2 Å². The molecule has 0 aliphatic carbocycles. The number of ether oxygens (including phenoxy) is 3. The largest absolute Gasteiger partial charge is 0.497 e. The number of carboxylic acids is 1. The van der Waals surface area contributed by atoms with Crippen LogP contribution in [0.25, 0.3) is 11.1 Å². The summed E-state index contributed by atoms with van der Waals surface area (Å²) in [7, 11) is 3.25. The normalized spacial score (nSPS) is 16.0. The number of benzene rings is 3. The summed E-state index contributed by atoms with van der Waals surface area (Å²) in [4.78, 5) is 11.0. The van der Waals surface area contributed by atoms with E-state index >= 15 is 4.39 Å². The molecule has 3 aromatic carbocycles. The summed E-state index contributed by atoms with van der Waals surface area (Å²) in [6, 6.07) is 16.7. The Labute approximate surface area is 218 Å². The average molecular weight is 507 g/mol. The molecule has 37 heavy (non-hydrogen) atoms. The molecule has 2 atom stereocenters. The minimum absolute atomic E-state index is 0.0824. The second kappa shape index (κ2) is 10.9. The van der Waals surface area contributed by atoms with Gasteiger partial charge in [0.15, 0.2) is 0 Å². The highest BCUT2D eigenvalue weighted by Gasteiger charge is 2.31. The highest BCUT2D eigenvalue weighted by Crippen LogP contribution is 2.44. The topological polar surface area (TPSA) is 65.0 Å². The minimum Gasteiger partial charge on any atom is -0.497 e. The van der Waals surface area contributed by atoms with E-state index in [1.807, 2.05) is 30.3 Å². The van der Waals surface area contributed by atoms with E-state index in [2.05, 4.69) is 26.8 Å². The van der Waals surface area contributed by atoms with Crippen LogP contribution in [0.2, 0.25) is 0 Å². The highest BCUT2D eigenvalue weighted by atomic mass is 19.1. The number of halogens is 1. The van der Waals surface area contributed by atoms with Crippen molar-refractivity contribution in [3.8, 4) is 22.6 Å². The molecule has 0 saturated carbocycles. The summed E-state index contributed by atoms with van der Waals surface area (Å²) < 4.78 is 32.8. The van der Waals surface area contributed by atoms with Gasteiger partial charge in [-0.15, -0.1) is 0 Å². The standard InChI is InChI=1S/C31H35FO5/c1-31(2,3)30(36-5)25-17-21(9-12-23(25)24-18-22(35-4)11-13-26(24)32)27-14-10-20-8-6-19(7-15-29(33)34)16-28(20)37-27/h6,8-9,11-13,16-18,27,30H,7,10,14-15H2,1-5H3,(H,33,34). The molecular formula is C31H35FO5. The van der Waals surface area contributed by atoms with Crippen molar-refractivity contribution in [3.05, 3.63) is 82.7 Å². The molecule has 0 radical (unpaired) electrons. The number of hydrogen-bond acceptors (Lipinski definition) is 4. The van der Waals surface area contributed by atoms with E-state index in [1.165, 1.54) is 6.07 Å². The molecular weight excluding hydrogens is 471 g/mol. The molecule has 4 rings (SSSR count). The molecule has 1 N–H and O–H groups in total. The molecule has 196 valence electrons. The smallest absolute Gasteiger partial charge is 0.303 e. The minimum atomic E-state index is -0.817. The zero-order chi connectivity index (χ0) is 26.7. The lowest BCUT2D eigenvalue weighted by atomic mass is 9.80. The third-order valence-electron chi connectivity index (χ3n) is 6.92. The van der Waals surface area contributed by atoms with E-state index < -0.39 is 5.97 Å². The Kier molecular flexibility index (Phi) is 7.88. The lowest BCUT2D eigenvalue weighted by Crippen LogP contribution is -2.22. The maximum absolute atomic E-state index is 15.0. The van der Waals surface area contributed by atoms with Gasteiger partial charge < -0.3 is 19.3 Å².